The van der Waals surface area contributed by atoms with Crippen molar-refractivity contribution in [3.63, 3.8) is 0 Å². The van der Waals surface area contributed by atoms with Crippen LogP contribution in [0.2, 0.25) is 5.02 Å². The third-order valence-electron chi connectivity index (χ3n) is 8.11. The average molecular weight is 558 g/mol. The molecule has 40 heavy (non-hydrogen) atoms. The number of piperazine rings is 1. The SMILES string of the molecule is CC(=O)C1=CC=CC(C(O)C(=O)N2CCN(C3=CN=CC(C4=Nc5cc(Cl)ccc5C5NC5C4)C=C3)CC2)C=C1. The highest BCUT2D eigenvalue weighted by atomic mass is 35.5. The van der Waals surface area contributed by atoms with Crippen molar-refractivity contribution in [1.82, 2.24) is 15.1 Å². The summed E-state index contributed by atoms with van der Waals surface area (Å²) in [4.78, 5) is 38.3. The second-order valence-electron chi connectivity index (χ2n) is 10.8. The fourth-order valence-corrected chi connectivity index (χ4v) is 5.83. The molecular formula is C31H32ClN5O3. The smallest absolute Gasteiger partial charge is 0.252 e. The zero-order valence-corrected chi connectivity index (χ0v) is 23.0. The molecule has 5 atom stereocenters. The zero-order chi connectivity index (χ0) is 27.8. The number of ketones is 1. The molecule has 6 rings (SSSR count). The van der Waals surface area contributed by atoms with Gasteiger partial charge in [0.15, 0.2) is 5.78 Å². The van der Waals surface area contributed by atoms with Gasteiger partial charge in [-0.05, 0) is 30.7 Å². The number of nitrogens with one attached hydrogen (secondary N) is 1. The molecular weight excluding hydrogens is 526 g/mol. The molecule has 0 spiro atoms. The molecule has 2 N–H and O–H groups in total. The average Bonchev–Trinajstić information content (AvgIpc) is 3.77. The fourth-order valence-electron chi connectivity index (χ4n) is 5.67. The molecule has 1 aromatic carbocycles. The Morgan fingerprint density at radius 2 is 1.95 bits per heavy atom. The Bertz CT molecular complexity index is 1430. The van der Waals surface area contributed by atoms with Gasteiger partial charge in [-0.3, -0.25) is 19.6 Å². The number of amides is 1. The van der Waals surface area contributed by atoms with Gasteiger partial charge in [-0.25, -0.2) is 0 Å². The van der Waals surface area contributed by atoms with Gasteiger partial charge in [0.2, 0.25) is 0 Å². The number of fused-ring (bicyclic) bond motifs is 3. The Labute approximate surface area is 238 Å². The first-order chi connectivity index (χ1) is 19.4. The second-order valence-corrected chi connectivity index (χ2v) is 11.2. The Kier molecular flexibility index (Phi) is 7.40. The first-order valence-electron chi connectivity index (χ1n) is 13.7. The van der Waals surface area contributed by atoms with Crippen LogP contribution in [0.5, 0.6) is 0 Å². The molecule has 206 valence electrons. The standard InChI is InChI=1S/C31H32ClN5O3/c1-19(38)20-3-2-4-21(6-5-20)30(39)31(40)37-13-11-36(12-14-37)24-9-7-22(17-33-18-24)26-16-28-29(35-28)25-10-8-23(32)15-27(25)34-26/h2-10,15,17-18,21-22,28-30,35,39H,11-14,16H2,1H3. The van der Waals surface area contributed by atoms with Crippen LogP contribution in [0.4, 0.5) is 5.69 Å². The molecule has 8 nitrogen and oxygen atoms in total. The summed E-state index contributed by atoms with van der Waals surface area (Å²) in [5.74, 6) is -0.846. The number of carbonyl (C=O) groups excluding carboxylic acids is 2. The minimum Gasteiger partial charge on any atom is -0.382 e. The van der Waals surface area contributed by atoms with E-state index in [1.54, 1.807) is 35.3 Å². The van der Waals surface area contributed by atoms with Crippen LogP contribution in [-0.4, -0.2) is 76.8 Å². The predicted octanol–water partition coefficient (Wildman–Crippen LogP) is 3.69. The maximum Gasteiger partial charge on any atom is 0.252 e. The summed E-state index contributed by atoms with van der Waals surface area (Å²) >= 11 is 6.26. The lowest BCUT2D eigenvalue weighted by Crippen LogP contribution is -2.51. The molecule has 1 aliphatic carbocycles. The van der Waals surface area contributed by atoms with E-state index >= 15 is 0 Å². The van der Waals surface area contributed by atoms with Crippen LogP contribution in [0.3, 0.4) is 0 Å². The van der Waals surface area contributed by atoms with Gasteiger partial charge in [-0.15, -0.1) is 0 Å². The molecule has 9 heteroatoms. The van der Waals surface area contributed by atoms with Crippen molar-refractivity contribution in [3.05, 3.63) is 88.8 Å². The first-order valence-corrected chi connectivity index (χ1v) is 14.1. The monoisotopic (exact) mass is 557 g/mol. The van der Waals surface area contributed by atoms with Crippen molar-refractivity contribution >= 4 is 40.9 Å². The fraction of sp³-hybridized carbons (Fsp3) is 0.355. The third kappa shape index (κ3) is 5.52. The molecule has 0 radical (unpaired) electrons. The Morgan fingerprint density at radius 3 is 2.75 bits per heavy atom. The molecule has 1 aromatic rings. The molecule has 4 heterocycles. The molecule has 0 aromatic heterocycles. The number of hydrogen-bond acceptors (Lipinski definition) is 7. The molecule has 4 aliphatic heterocycles. The minimum absolute atomic E-state index is 0.0153. The molecule has 5 aliphatic rings. The summed E-state index contributed by atoms with van der Waals surface area (Å²) in [6.07, 6.45) is 16.3. The highest BCUT2D eigenvalue weighted by Crippen LogP contribution is 2.42. The van der Waals surface area contributed by atoms with Crippen LogP contribution in [0.25, 0.3) is 0 Å². The number of benzene rings is 1. The number of Topliss-reactive ketones (excluding diaryl/α,β-unsaturated/α-hetero) is 1. The van der Waals surface area contributed by atoms with Gasteiger partial charge in [0.05, 0.1) is 23.3 Å². The number of hydrogen-bond donors (Lipinski definition) is 2. The molecule has 5 unspecified atom stereocenters. The molecule has 0 bridgehead atoms. The normalized spacial score (nSPS) is 27.8. The summed E-state index contributed by atoms with van der Waals surface area (Å²) in [6, 6.07) is 6.63. The van der Waals surface area contributed by atoms with Crippen molar-refractivity contribution in [1.29, 1.82) is 0 Å². The van der Waals surface area contributed by atoms with Crippen LogP contribution in [0, 0.1) is 11.8 Å². The molecule has 2 fully saturated rings. The minimum atomic E-state index is -1.19. The highest BCUT2D eigenvalue weighted by molar-refractivity contribution is 6.30. The van der Waals surface area contributed by atoms with Crippen LogP contribution < -0.4 is 5.32 Å². The maximum atomic E-state index is 13.1. The number of carbonyl (C=O) groups is 2. The quantitative estimate of drug-likeness (QED) is 0.537. The van der Waals surface area contributed by atoms with E-state index in [4.69, 9.17) is 16.6 Å². The lowest BCUT2D eigenvalue weighted by atomic mass is 9.98. The first kappa shape index (κ1) is 26.6. The van der Waals surface area contributed by atoms with Crippen LogP contribution in [0.15, 0.2) is 88.2 Å². The second kappa shape index (κ2) is 11.1. The van der Waals surface area contributed by atoms with Gasteiger partial charge in [0, 0.05) is 73.3 Å². The van der Waals surface area contributed by atoms with E-state index in [0.717, 1.165) is 23.5 Å². The third-order valence-corrected chi connectivity index (χ3v) is 8.34. The van der Waals surface area contributed by atoms with Crippen molar-refractivity contribution in [2.45, 2.75) is 31.5 Å². The van der Waals surface area contributed by atoms with E-state index in [1.165, 1.54) is 12.5 Å². The number of aliphatic hydroxyl groups excluding tert-OH is 1. The van der Waals surface area contributed by atoms with E-state index < -0.39 is 12.0 Å². The van der Waals surface area contributed by atoms with E-state index in [9.17, 15) is 14.7 Å². The lowest BCUT2D eigenvalue weighted by molar-refractivity contribution is -0.142. The van der Waals surface area contributed by atoms with Crippen LogP contribution in [-0.2, 0) is 9.59 Å². The van der Waals surface area contributed by atoms with Gasteiger partial charge in [0.25, 0.3) is 5.91 Å². The number of aliphatic imine (C=N–C) groups is 2. The molecule has 1 amide bonds. The van der Waals surface area contributed by atoms with Crippen LogP contribution >= 0.6 is 11.6 Å². The van der Waals surface area contributed by atoms with E-state index in [0.29, 0.717) is 48.9 Å². The largest absolute Gasteiger partial charge is 0.382 e. The van der Waals surface area contributed by atoms with Crippen molar-refractivity contribution in [3.8, 4) is 0 Å². The van der Waals surface area contributed by atoms with E-state index in [-0.39, 0.29) is 17.6 Å². The summed E-state index contributed by atoms with van der Waals surface area (Å²) in [6.45, 7) is 3.79. The number of allylic oxidation sites excluding steroid dienone is 6. The Balaban J connectivity index is 1.07. The van der Waals surface area contributed by atoms with Crippen molar-refractivity contribution in [2.24, 2.45) is 21.8 Å². The van der Waals surface area contributed by atoms with Gasteiger partial charge in [-0.2, -0.15) is 0 Å². The topological polar surface area (TPSA) is 108 Å². The number of rotatable bonds is 5. The van der Waals surface area contributed by atoms with Gasteiger partial charge < -0.3 is 20.2 Å². The van der Waals surface area contributed by atoms with Crippen LogP contribution in [0.1, 0.15) is 24.9 Å². The van der Waals surface area contributed by atoms with E-state index in [2.05, 4.69) is 33.4 Å². The number of nitrogens with zero attached hydrogens (tertiary/aromatic N) is 4. The summed E-state index contributed by atoms with van der Waals surface area (Å²) in [5, 5.41) is 15.0. The number of aliphatic hydroxyl groups is 1. The lowest BCUT2D eigenvalue weighted by Gasteiger charge is -2.37. The Hall–Kier alpha value is -3.59. The highest BCUT2D eigenvalue weighted by Gasteiger charge is 2.42. The van der Waals surface area contributed by atoms with Crippen molar-refractivity contribution in [2.75, 3.05) is 26.2 Å². The maximum absolute atomic E-state index is 13.1. The van der Waals surface area contributed by atoms with Gasteiger partial charge in [0.1, 0.15) is 6.10 Å². The zero-order valence-electron chi connectivity index (χ0n) is 22.3. The molecule has 0 saturated carbocycles. The van der Waals surface area contributed by atoms with E-state index in [1.807, 2.05) is 24.5 Å². The summed E-state index contributed by atoms with van der Waals surface area (Å²) in [5.41, 5.74) is 4.72. The van der Waals surface area contributed by atoms with Gasteiger partial charge >= 0.3 is 0 Å². The predicted molar refractivity (Wildman–Crippen MR) is 157 cm³/mol. The van der Waals surface area contributed by atoms with Crippen molar-refractivity contribution < 1.29 is 14.7 Å². The molecule has 2 saturated heterocycles. The summed E-state index contributed by atoms with van der Waals surface area (Å²) < 4.78 is 0. The van der Waals surface area contributed by atoms with Gasteiger partial charge in [-0.1, -0.05) is 54.1 Å². The number of halogens is 1. The summed E-state index contributed by atoms with van der Waals surface area (Å²) in [7, 11) is 0. The Morgan fingerprint density at radius 1 is 1.12 bits per heavy atom.